The van der Waals surface area contributed by atoms with Gasteiger partial charge in [0.15, 0.2) is 11.5 Å². The molecule has 2 N–H and O–H groups in total. The smallest absolute Gasteiger partial charge is 0.262 e. The Kier molecular flexibility index (Phi) is 4.16. The van der Waals surface area contributed by atoms with E-state index in [4.69, 9.17) is 4.74 Å². The highest BCUT2D eigenvalue weighted by atomic mass is 19.1. The molecule has 0 bridgehead atoms. The van der Waals surface area contributed by atoms with E-state index in [0.29, 0.717) is 22.7 Å². The number of fused-ring (bicyclic) bond motifs is 1. The minimum atomic E-state index is -0.549. The van der Waals surface area contributed by atoms with Gasteiger partial charge in [0, 0.05) is 11.4 Å². The van der Waals surface area contributed by atoms with Gasteiger partial charge in [-0.05, 0) is 54.1 Å². The maximum atomic E-state index is 13.4. The number of carbonyl (C=O) groups excluding carboxylic acids is 1. The predicted molar refractivity (Wildman–Crippen MR) is 101 cm³/mol. The first-order valence-corrected chi connectivity index (χ1v) is 8.40. The highest BCUT2D eigenvalue weighted by Gasteiger charge is 2.34. The zero-order valence-corrected chi connectivity index (χ0v) is 14.5. The third-order valence-corrected chi connectivity index (χ3v) is 4.55. The van der Waals surface area contributed by atoms with Crippen LogP contribution in [0, 0.1) is 5.82 Å². The summed E-state index contributed by atoms with van der Waals surface area (Å²) in [7, 11) is 1.46. The van der Waals surface area contributed by atoms with Crippen LogP contribution in [-0.4, -0.2) is 18.1 Å². The highest BCUT2D eigenvalue weighted by Crippen LogP contribution is 2.38. The van der Waals surface area contributed by atoms with E-state index in [2.05, 4.69) is 5.32 Å². The summed E-state index contributed by atoms with van der Waals surface area (Å²) in [5.41, 5.74) is 2.51. The maximum absolute atomic E-state index is 13.4. The van der Waals surface area contributed by atoms with Crippen LogP contribution in [0.5, 0.6) is 11.5 Å². The minimum Gasteiger partial charge on any atom is -0.504 e. The second-order valence-corrected chi connectivity index (χ2v) is 6.18. The van der Waals surface area contributed by atoms with Crippen molar-refractivity contribution < 1.29 is 19.0 Å². The van der Waals surface area contributed by atoms with E-state index < -0.39 is 6.17 Å². The van der Waals surface area contributed by atoms with Crippen LogP contribution in [0.4, 0.5) is 15.8 Å². The van der Waals surface area contributed by atoms with Crippen LogP contribution in [0.2, 0.25) is 0 Å². The van der Waals surface area contributed by atoms with Crippen molar-refractivity contribution in [3.63, 3.8) is 0 Å². The van der Waals surface area contributed by atoms with Crippen molar-refractivity contribution in [3.8, 4) is 11.5 Å². The number of halogens is 1. The predicted octanol–water partition coefficient (Wildman–Crippen LogP) is 4.31. The van der Waals surface area contributed by atoms with Gasteiger partial charge in [0.05, 0.1) is 12.7 Å². The van der Waals surface area contributed by atoms with Crippen molar-refractivity contribution in [1.82, 2.24) is 0 Å². The van der Waals surface area contributed by atoms with Crippen molar-refractivity contribution in [1.29, 1.82) is 0 Å². The molecule has 3 aromatic carbocycles. The number of phenolic OH excluding ortho intramolecular Hbond substituents is 1. The number of methoxy groups -OCH3 is 1. The van der Waals surface area contributed by atoms with Crippen molar-refractivity contribution in [2.75, 3.05) is 17.3 Å². The van der Waals surface area contributed by atoms with E-state index in [9.17, 15) is 14.3 Å². The molecule has 1 amide bonds. The number of benzene rings is 3. The minimum absolute atomic E-state index is 0.0112. The van der Waals surface area contributed by atoms with Gasteiger partial charge in [0.25, 0.3) is 5.91 Å². The van der Waals surface area contributed by atoms with Crippen LogP contribution in [-0.2, 0) is 0 Å². The van der Waals surface area contributed by atoms with Gasteiger partial charge in [-0.25, -0.2) is 4.39 Å². The first-order valence-electron chi connectivity index (χ1n) is 8.40. The average molecular weight is 364 g/mol. The highest BCUT2D eigenvalue weighted by molar-refractivity contribution is 6.12. The Hall–Kier alpha value is -3.54. The van der Waals surface area contributed by atoms with E-state index in [0.717, 1.165) is 5.56 Å². The number of ether oxygens (including phenoxy) is 1. The maximum Gasteiger partial charge on any atom is 0.262 e. The number of rotatable bonds is 3. The van der Waals surface area contributed by atoms with E-state index >= 15 is 0 Å². The topological polar surface area (TPSA) is 61.8 Å². The Bertz CT molecular complexity index is 1000. The Morgan fingerprint density at radius 3 is 2.56 bits per heavy atom. The number of nitrogens with one attached hydrogen (secondary N) is 1. The Balaban J connectivity index is 1.86. The number of hydrogen-bond acceptors (Lipinski definition) is 4. The zero-order valence-electron chi connectivity index (χ0n) is 14.5. The summed E-state index contributed by atoms with van der Waals surface area (Å²) in [6.07, 6.45) is -0.549. The molecule has 0 spiro atoms. The molecule has 0 radical (unpaired) electrons. The molecule has 0 saturated heterocycles. The Morgan fingerprint density at radius 2 is 1.81 bits per heavy atom. The van der Waals surface area contributed by atoms with E-state index in [-0.39, 0.29) is 17.5 Å². The third kappa shape index (κ3) is 2.95. The molecule has 6 heteroatoms. The number of phenols is 1. The second kappa shape index (κ2) is 6.64. The molecule has 1 aliphatic rings. The average Bonchev–Trinajstić information content (AvgIpc) is 2.69. The van der Waals surface area contributed by atoms with Crippen LogP contribution in [0.1, 0.15) is 22.1 Å². The number of hydrogen-bond donors (Lipinski definition) is 2. The molecule has 1 aliphatic heterocycles. The molecule has 0 fully saturated rings. The Morgan fingerprint density at radius 1 is 1.07 bits per heavy atom. The largest absolute Gasteiger partial charge is 0.504 e. The van der Waals surface area contributed by atoms with Crippen molar-refractivity contribution in [2.45, 2.75) is 6.17 Å². The first kappa shape index (κ1) is 16.9. The van der Waals surface area contributed by atoms with Crippen molar-refractivity contribution in [2.24, 2.45) is 0 Å². The van der Waals surface area contributed by atoms with Crippen molar-refractivity contribution >= 4 is 17.3 Å². The first-order chi connectivity index (χ1) is 13.1. The van der Waals surface area contributed by atoms with E-state index in [1.165, 1.54) is 25.3 Å². The lowest BCUT2D eigenvalue weighted by Crippen LogP contribution is -2.43. The molecule has 5 nitrogen and oxygen atoms in total. The Labute approximate surface area is 155 Å². The number of nitrogens with zero attached hydrogens (tertiary/aromatic N) is 1. The summed E-state index contributed by atoms with van der Waals surface area (Å²) in [4.78, 5) is 14.8. The van der Waals surface area contributed by atoms with Gasteiger partial charge in [0.2, 0.25) is 0 Å². The molecule has 0 saturated carbocycles. The summed E-state index contributed by atoms with van der Waals surface area (Å²) in [5.74, 6) is -0.260. The lowest BCUT2D eigenvalue weighted by atomic mass is 10.0. The van der Waals surface area contributed by atoms with Gasteiger partial charge in [-0.2, -0.15) is 0 Å². The lowest BCUT2D eigenvalue weighted by Gasteiger charge is -2.38. The van der Waals surface area contributed by atoms with Crippen LogP contribution < -0.4 is 15.0 Å². The van der Waals surface area contributed by atoms with Crippen LogP contribution in [0.25, 0.3) is 0 Å². The lowest BCUT2D eigenvalue weighted by molar-refractivity contribution is 0.0975. The van der Waals surface area contributed by atoms with Crippen LogP contribution in [0.15, 0.2) is 66.7 Å². The fourth-order valence-corrected chi connectivity index (χ4v) is 3.22. The van der Waals surface area contributed by atoms with Crippen LogP contribution in [0.3, 0.4) is 0 Å². The molecule has 0 unspecified atom stereocenters. The summed E-state index contributed by atoms with van der Waals surface area (Å²) in [6, 6.07) is 17.9. The number of aromatic hydroxyl groups is 1. The fraction of sp³-hybridized carbons (Fsp3) is 0.0952. The molecule has 0 aliphatic carbocycles. The monoisotopic (exact) mass is 364 g/mol. The molecule has 27 heavy (non-hydrogen) atoms. The third-order valence-electron chi connectivity index (χ3n) is 4.55. The van der Waals surface area contributed by atoms with Gasteiger partial charge < -0.3 is 15.2 Å². The molecule has 4 rings (SSSR count). The standard InChI is InChI=1S/C21H17FN2O3/c1-27-19-12-13(6-11-18(19)25)20-23-17-5-3-2-4-16(17)21(26)24(20)15-9-7-14(22)8-10-15/h2-12,20,23,25H,1H3/t20-/m0/s1. The number of para-hydroxylation sites is 1. The number of anilines is 2. The van der Waals surface area contributed by atoms with Gasteiger partial charge in [0.1, 0.15) is 12.0 Å². The van der Waals surface area contributed by atoms with Gasteiger partial charge in [-0.3, -0.25) is 9.69 Å². The molecule has 0 aromatic heterocycles. The van der Waals surface area contributed by atoms with Gasteiger partial charge >= 0.3 is 0 Å². The normalized spacial score (nSPS) is 15.9. The summed E-state index contributed by atoms with van der Waals surface area (Å²) in [6.45, 7) is 0. The molecular formula is C21H17FN2O3. The SMILES string of the molecule is COc1cc([C@H]2Nc3ccccc3C(=O)N2c2ccc(F)cc2)ccc1O. The molecule has 136 valence electrons. The van der Waals surface area contributed by atoms with Crippen LogP contribution >= 0.6 is 0 Å². The number of amides is 1. The molecular weight excluding hydrogens is 347 g/mol. The second-order valence-electron chi connectivity index (χ2n) is 6.18. The van der Waals surface area contributed by atoms with Gasteiger partial charge in [-0.15, -0.1) is 0 Å². The van der Waals surface area contributed by atoms with E-state index in [1.54, 1.807) is 41.3 Å². The summed E-state index contributed by atoms with van der Waals surface area (Å²) in [5, 5.41) is 13.2. The summed E-state index contributed by atoms with van der Waals surface area (Å²) >= 11 is 0. The van der Waals surface area contributed by atoms with Gasteiger partial charge in [-0.1, -0.05) is 18.2 Å². The fourth-order valence-electron chi connectivity index (χ4n) is 3.22. The number of carbonyl (C=O) groups is 1. The zero-order chi connectivity index (χ0) is 19.0. The molecule has 1 heterocycles. The van der Waals surface area contributed by atoms with Crippen molar-refractivity contribution in [3.05, 3.63) is 83.7 Å². The summed E-state index contributed by atoms with van der Waals surface area (Å²) < 4.78 is 18.6. The molecule has 1 atom stereocenters. The van der Waals surface area contributed by atoms with E-state index in [1.807, 2.05) is 12.1 Å². The molecule has 3 aromatic rings. The quantitative estimate of drug-likeness (QED) is 0.727.